The van der Waals surface area contributed by atoms with Gasteiger partial charge < -0.3 is 10.2 Å². The third kappa shape index (κ3) is 8.12. The number of amides is 2. The van der Waals surface area contributed by atoms with Crippen LogP contribution in [0.4, 0.5) is 5.69 Å². The van der Waals surface area contributed by atoms with Crippen molar-refractivity contribution in [1.82, 2.24) is 10.2 Å². The van der Waals surface area contributed by atoms with Crippen molar-refractivity contribution in [2.45, 2.75) is 59.2 Å². The highest BCUT2D eigenvalue weighted by Gasteiger charge is 2.33. The molecular weight excluding hydrogens is 509 g/mol. The van der Waals surface area contributed by atoms with Crippen LogP contribution in [0.3, 0.4) is 0 Å². The van der Waals surface area contributed by atoms with Gasteiger partial charge in [0.05, 0.1) is 22.0 Å². The summed E-state index contributed by atoms with van der Waals surface area (Å²) >= 11 is 12.1. The van der Waals surface area contributed by atoms with E-state index in [1.54, 1.807) is 0 Å². The van der Waals surface area contributed by atoms with Crippen molar-refractivity contribution < 1.29 is 18.0 Å². The summed E-state index contributed by atoms with van der Waals surface area (Å²) in [5, 5.41) is 3.37. The highest BCUT2D eigenvalue weighted by Crippen LogP contribution is 2.29. The maximum absolute atomic E-state index is 13.7. The fraction of sp³-hybridized carbons (Fsp3) is 0.440. The van der Waals surface area contributed by atoms with E-state index < -0.39 is 34.1 Å². The highest BCUT2D eigenvalue weighted by molar-refractivity contribution is 7.92. The molecule has 0 aliphatic rings. The number of halogens is 2. The minimum Gasteiger partial charge on any atom is -0.350 e. The second-order valence-electron chi connectivity index (χ2n) is 9.48. The van der Waals surface area contributed by atoms with Gasteiger partial charge in [-0.2, -0.15) is 0 Å². The predicted molar refractivity (Wildman–Crippen MR) is 142 cm³/mol. The molecule has 0 aliphatic carbocycles. The number of sulfonamides is 1. The van der Waals surface area contributed by atoms with Crippen LogP contribution in [0.5, 0.6) is 0 Å². The Morgan fingerprint density at radius 3 is 2.20 bits per heavy atom. The fourth-order valence-electron chi connectivity index (χ4n) is 3.60. The Bertz CT molecular complexity index is 1180. The molecule has 10 heteroatoms. The number of aryl methyl sites for hydroxylation is 1. The highest BCUT2D eigenvalue weighted by atomic mass is 35.5. The maximum Gasteiger partial charge on any atom is 0.244 e. The Morgan fingerprint density at radius 1 is 1.06 bits per heavy atom. The first kappa shape index (κ1) is 28.9. The van der Waals surface area contributed by atoms with Gasteiger partial charge in [0, 0.05) is 12.1 Å². The number of hydrogen-bond donors (Lipinski definition) is 1. The maximum atomic E-state index is 13.7. The van der Waals surface area contributed by atoms with Gasteiger partial charge in [0.25, 0.3) is 0 Å². The minimum atomic E-state index is -3.86. The Labute approximate surface area is 218 Å². The van der Waals surface area contributed by atoms with Crippen molar-refractivity contribution in [3.8, 4) is 0 Å². The summed E-state index contributed by atoms with van der Waals surface area (Å²) in [6.45, 7) is 8.98. The monoisotopic (exact) mass is 541 g/mol. The molecule has 0 heterocycles. The van der Waals surface area contributed by atoms with E-state index in [1.807, 2.05) is 58.9 Å². The molecule has 7 nitrogen and oxygen atoms in total. The quantitative estimate of drug-likeness (QED) is 0.494. The third-order valence-corrected chi connectivity index (χ3v) is 7.24. The van der Waals surface area contributed by atoms with Crippen molar-refractivity contribution >= 4 is 50.7 Å². The summed E-state index contributed by atoms with van der Waals surface area (Å²) < 4.78 is 26.3. The zero-order valence-corrected chi connectivity index (χ0v) is 23.3. The zero-order chi connectivity index (χ0) is 26.6. The van der Waals surface area contributed by atoms with Crippen LogP contribution in [0.25, 0.3) is 0 Å². The topological polar surface area (TPSA) is 86.8 Å². The first-order valence-electron chi connectivity index (χ1n) is 11.2. The summed E-state index contributed by atoms with van der Waals surface area (Å²) in [5.41, 5.74) is 1.53. The van der Waals surface area contributed by atoms with Crippen LogP contribution >= 0.6 is 23.2 Å². The van der Waals surface area contributed by atoms with E-state index in [0.717, 1.165) is 21.7 Å². The lowest BCUT2D eigenvalue weighted by Crippen LogP contribution is -2.55. The first-order valence-corrected chi connectivity index (χ1v) is 13.8. The second-order valence-corrected chi connectivity index (χ2v) is 12.2. The smallest absolute Gasteiger partial charge is 0.244 e. The number of carbonyl (C=O) groups is 2. The van der Waals surface area contributed by atoms with Crippen LogP contribution in [0.1, 0.15) is 45.2 Å². The molecule has 0 aromatic heterocycles. The normalized spacial score (nSPS) is 12.7. The number of nitrogens with zero attached hydrogens (tertiary/aromatic N) is 2. The summed E-state index contributed by atoms with van der Waals surface area (Å²) in [6, 6.07) is 11.1. The predicted octanol–water partition coefficient (Wildman–Crippen LogP) is 4.79. The molecule has 0 saturated heterocycles. The SMILES string of the molecule is CC[C@@H](C(=O)NC(C)(C)C)N(Cc1ccccc1C)C(=O)CN(c1ccc(Cl)c(Cl)c1)S(C)(=O)=O. The molecule has 0 aliphatic heterocycles. The number of rotatable bonds is 9. The van der Waals surface area contributed by atoms with Gasteiger partial charge in [0.2, 0.25) is 21.8 Å². The second kappa shape index (κ2) is 11.6. The van der Waals surface area contributed by atoms with Gasteiger partial charge in [-0.3, -0.25) is 13.9 Å². The third-order valence-electron chi connectivity index (χ3n) is 5.36. The summed E-state index contributed by atoms with van der Waals surface area (Å²) in [6.07, 6.45) is 1.36. The lowest BCUT2D eigenvalue weighted by atomic mass is 10.0. The van der Waals surface area contributed by atoms with Crippen molar-refractivity contribution in [3.05, 3.63) is 63.6 Å². The van der Waals surface area contributed by atoms with Crippen LogP contribution in [0, 0.1) is 6.92 Å². The molecule has 2 amide bonds. The molecule has 1 atom stereocenters. The zero-order valence-electron chi connectivity index (χ0n) is 20.9. The Balaban J connectivity index is 2.49. The Kier molecular flexibility index (Phi) is 9.62. The number of carbonyl (C=O) groups excluding carboxylic acids is 2. The van der Waals surface area contributed by atoms with E-state index in [1.165, 1.54) is 23.1 Å². The van der Waals surface area contributed by atoms with Crippen LogP contribution in [-0.4, -0.2) is 49.5 Å². The van der Waals surface area contributed by atoms with E-state index in [0.29, 0.717) is 6.42 Å². The average molecular weight is 543 g/mol. The number of hydrogen-bond acceptors (Lipinski definition) is 4. The largest absolute Gasteiger partial charge is 0.350 e. The Morgan fingerprint density at radius 2 is 1.69 bits per heavy atom. The van der Waals surface area contributed by atoms with Crippen molar-refractivity contribution in [2.24, 2.45) is 0 Å². The van der Waals surface area contributed by atoms with Gasteiger partial charge in [0.15, 0.2) is 0 Å². The van der Waals surface area contributed by atoms with Crippen molar-refractivity contribution in [2.75, 3.05) is 17.1 Å². The van der Waals surface area contributed by atoms with Crippen LogP contribution in [0.15, 0.2) is 42.5 Å². The molecular formula is C25H33Cl2N3O4S. The minimum absolute atomic E-state index is 0.153. The van der Waals surface area contributed by atoms with Crippen molar-refractivity contribution in [1.29, 1.82) is 0 Å². The van der Waals surface area contributed by atoms with E-state index in [4.69, 9.17) is 23.2 Å². The molecule has 1 N–H and O–H groups in total. The summed E-state index contributed by atoms with van der Waals surface area (Å²) in [5.74, 6) is -0.817. The molecule has 0 radical (unpaired) electrons. The molecule has 0 saturated carbocycles. The molecule has 0 bridgehead atoms. The lowest BCUT2D eigenvalue weighted by molar-refractivity contribution is -0.141. The molecule has 192 valence electrons. The molecule has 2 rings (SSSR count). The van der Waals surface area contributed by atoms with Crippen LogP contribution < -0.4 is 9.62 Å². The molecule has 0 unspecified atom stereocenters. The molecule has 0 fully saturated rings. The number of anilines is 1. The lowest BCUT2D eigenvalue weighted by Gasteiger charge is -2.34. The number of benzene rings is 2. The molecule has 0 spiro atoms. The summed E-state index contributed by atoms with van der Waals surface area (Å²) in [4.78, 5) is 28.3. The van der Waals surface area contributed by atoms with Gasteiger partial charge in [-0.15, -0.1) is 0 Å². The first-order chi connectivity index (χ1) is 16.1. The molecule has 35 heavy (non-hydrogen) atoms. The summed E-state index contributed by atoms with van der Waals surface area (Å²) in [7, 11) is -3.86. The van der Waals surface area contributed by atoms with E-state index in [2.05, 4.69) is 5.32 Å². The van der Waals surface area contributed by atoms with E-state index in [-0.39, 0.29) is 28.2 Å². The van der Waals surface area contributed by atoms with Gasteiger partial charge in [-0.25, -0.2) is 8.42 Å². The van der Waals surface area contributed by atoms with Crippen LogP contribution in [0.2, 0.25) is 10.0 Å². The van der Waals surface area contributed by atoms with E-state index in [9.17, 15) is 18.0 Å². The van der Waals surface area contributed by atoms with E-state index >= 15 is 0 Å². The Hall–Kier alpha value is -2.29. The van der Waals surface area contributed by atoms with Gasteiger partial charge in [0.1, 0.15) is 12.6 Å². The average Bonchev–Trinajstić information content (AvgIpc) is 2.73. The molecule has 2 aromatic rings. The van der Waals surface area contributed by atoms with Gasteiger partial charge in [-0.05, 0) is 63.4 Å². The van der Waals surface area contributed by atoms with Gasteiger partial charge in [-0.1, -0.05) is 54.4 Å². The number of nitrogens with one attached hydrogen (secondary N) is 1. The fourth-order valence-corrected chi connectivity index (χ4v) is 4.73. The van der Waals surface area contributed by atoms with Crippen LogP contribution in [-0.2, 0) is 26.2 Å². The molecule has 2 aromatic carbocycles. The standard InChI is InChI=1S/C25H33Cl2N3O4S/c1-7-22(24(32)28-25(3,4)5)29(15-18-11-9-8-10-17(18)2)23(31)16-30(35(6,33)34)19-12-13-20(26)21(27)14-19/h8-14,22H,7,15-16H2,1-6H3,(H,28,32)/t22-/m0/s1. The van der Waals surface area contributed by atoms with Crippen molar-refractivity contribution in [3.63, 3.8) is 0 Å². The van der Waals surface area contributed by atoms with Gasteiger partial charge >= 0.3 is 0 Å².